The maximum absolute atomic E-state index is 5.00. The second-order valence-electron chi connectivity index (χ2n) is 1.45. The fourth-order valence-corrected chi connectivity index (χ4v) is 0.460. The summed E-state index contributed by atoms with van der Waals surface area (Å²) in [6.45, 7) is 2.53. The number of hydrogen-bond donors (Lipinski definition) is 0. The predicted octanol–water partition coefficient (Wildman–Crippen LogP) is -0.416. The lowest BCUT2D eigenvalue weighted by atomic mass is 10.4. The van der Waals surface area contributed by atoms with E-state index in [-0.39, 0.29) is 0 Å². The maximum Gasteiger partial charge on any atom is 0.488 e. The first-order valence-electron chi connectivity index (χ1n) is 2.63. The summed E-state index contributed by atoms with van der Waals surface area (Å²) in [7, 11) is 1.36. The van der Waals surface area contributed by atoms with E-state index in [0.29, 0.717) is 26.4 Å². The molecule has 1 rings (SSSR count). The van der Waals surface area contributed by atoms with Crippen molar-refractivity contribution in [2.75, 3.05) is 26.4 Å². The van der Waals surface area contributed by atoms with E-state index in [0.717, 1.165) is 0 Å². The van der Waals surface area contributed by atoms with Gasteiger partial charge in [-0.1, -0.05) is 0 Å². The van der Waals surface area contributed by atoms with Crippen LogP contribution in [0.1, 0.15) is 0 Å². The molecule has 0 N–H and O–H groups in total. The fraction of sp³-hybridized carbons (Fsp3) is 1.00. The van der Waals surface area contributed by atoms with Gasteiger partial charge >= 0.3 is 7.69 Å². The minimum atomic E-state index is 0.597. The topological polar surface area (TPSA) is 27.7 Å². The van der Waals surface area contributed by atoms with Gasteiger partial charge in [0.25, 0.3) is 0 Å². The first-order chi connectivity index (χ1) is 4.00. The molecule has 1 saturated heterocycles. The van der Waals surface area contributed by atoms with Crippen LogP contribution in [0.25, 0.3) is 0 Å². The van der Waals surface area contributed by atoms with Crippen molar-refractivity contribution in [1.29, 1.82) is 0 Å². The van der Waals surface area contributed by atoms with Crippen LogP contribution in [0.5, 0.6) is 0 Å². The van der Waals surface area contributed by atoms with Gasteiger partial charge in [0.2, 0.25) is 0 Å². The molecule has 1 fully saturated rings. The molecule has 0 aromatic carbocycles. The van der Waals surface area contributed by atoms with Crippen LogP contribution >= 0.6 is 0 Å². The molecule has 0 amide bonds. The molecule has 0 aromatic rings. The van der Waals surface area contributed by atoms with Gasteiger partial charge in [0.15, 0.2) is 0 Å². The molecule has 0 spiro atoms. The Morgan fingerprint density at radius 2 is 1.50 bits per heavy atom. The van der Waals surface area contributed by atoms with Gasteiger partial charge in [0.05, 0.1) is 26.4 Å². The highest BCUT2D eigenvalue weighted by Crippen LogP contribution is 1.83. The Morgan fingerprint density at radius 1 is 0.875 bits per heavy atom. The summed E-state index contributed by atoms with van der Waals surface area (Å²) < 4.78 is 14.6. The van der Waals surface area contributed by atoms with Crippen molar-refractivity contribution in [3.8, 4) is 0 Å². The first-order valence-corrected chi connectivity index (χ1v) is 2.63. The molecule has 3 nitrogen and oxygen atoms in total. The molecule has 4 heteroatoms. The van der Waals surface area contributed by atoms with E-state index in [1.54, 1.807) is 0 Å². The van der Waals surface area contributed by atoms with Crippen molar-refractivity contribution in [3.05, 3.63) is 0 Å². The van der Waals surface area contributed by atoms with E-state index in [1.165, 1.54) is 7.69 Å². The third-order valence-corrected chi connectivity index (χ3v) is 0.827. The van der Waals surface area contributed by atoms with Gasteiger partial charge in [-0.05, 0) is 0 Å². The van der Waals surface area contributed by atoms with Crippen LogP contribution in [0, 0.1) is 0 Å². The fourth-order valence-electron chi connectivity index (χ4n) is 0.460. The van der Waals surface area contributed by atoms with E-state index in [2.05, 4.69) is 0 Å². The molecule has 0 unspecified atom stereocenters. The molecule has 0 aliphatic carbocycles. The van der Waals surface area contributed by atoms with E-state index < -0.39 is 0 Å². The lowest BCUT2D eigenvalue weighted by Gasteiger charge is -2.08. The summed E-state index contributed by atoms with van der Waals surface area (Å²) in [5, 5.41) is 0. The summed E-state index contributed by atoms with van der Waals surface area (Å²) >= 11 is 0. The quantitative estimate of drug-likeness (QED) is 0.401. The van der Waals surface area contributed by atoms with E-state index >= 15 is 0 Å². The minimum Gasteiger partial charge on any atom is -0.411 e. The molecule has 0 aromatic heterocycles. The molecular formula is C4H8BO3. The number of rotatable bonds is 0. The van der Waals surface area contributed by atoms with Crippen molar-refractivity contribution in [2.24, 2.45) is 0 Å². The Labute approximate surface area is 49.2 Å². The Morgan fingerprint density at radius 3 is 2.12 bits per heavy atom. The predicted molar refractivity (Wildman–Crippen MR) is 28.5 cm³/mol. The van der Waals surface area contributed by atoms with Crippen LogP contribution in [0.4, 0.5) is 0 Å². The van der Waals surface area contributed by atoms with Gasteiger partial charge in [-0.2, -0.15) is 0 Å². The third-order valence-electron chi connectivity index (χ3n) is 0.827. The van der Waals surface area contributed by atoms with Crippen molar-refractivity contribution < 1.29 is 14.0 Å². The molecule has 8 heavy (non-hydrogen) atoms. The summed E-state index contributed by atoms with van der Waals surface area (Å²) in [6.07, 6.45) is 0. The Kier molecular flexibility index (Phi) is 2.95. The van der Waals surface area contributed by atoms with Crippen molar-refractivity contribution in [3.63, 3.8) is 0 Å². The summed E-state index contributed by atoms with van der Waals surface area (Å²) in [5.41, 5.74) is 0. The molecule has 1 aliphatic rings. The highest BCUT2D eigenvalue weighted by Gasteiger charge is 1.98. The molecule has 0 bridgehead atoms. The molecular weight excluding hydrogens is 107 g/mol. The van der Waals surface area contributed by atoms with Crippen LogP contribution in [0.3, 0.4) is 0 Å². The lowest BCUT2D eigenvalue weighted by Crippen LogP contribution is -2.18. The van der Waals surface area contributed by atoms with Crippen molar-refractivity contribution >= 4 is 7.69 Å². The van der Waals surface area contributed by atoms with Gasteiger partial charge < -0.3 is 14.0 Å². The first kappa shape index (κ1) is 6.07. The SMILES string of the molecule is [B]1OCCOCCO1. The van der Waals surface area contributed by atoms with Gasteiger partial charge in [-0.25, -0.2) is 0 Å². The second kappa shape index (κ2) is 3.89. The summed E-state index contributed by atoms with van der Waals surface area (Å²) in [4.78, 5) is 0. The molecule has 0 atom stereocenters. The van der Waals surface area contributed by atoms with Crippen molar-refractivity contribution in [2.45, 2.75) is 0 Å². The zero-order valence-corrected chi connectivity index (χ0v) is 4.63. The third kappa shape index (κ3) is 2.30. The monoisotopic (exact) mass is 115 g/mol. The minimum absolute atomic E-state index is 0.597. The average molecular weight is 115 g/mol. The molecule has 1 heterocycles. The Hall–Kier alpha value is -0.0551. The normalized spacial score (nSPS) is 23.0. The van der Waals surface area contributed by atoms with Crippen molar-refractivity contribution in [1.82, 2.24) is 0 Å². The lowest BCUT2D eigenvalue weighted by molar-refractivity contribution is 0.0436. The largest absolute Gasteiger partial charge is 0.488 e. The summed E-state index contributed by atoms with van der Waals surface area (Å²) in [5.74, 6) is 0. The van der Waals surface area contributed by atoms with Gasteiger partial charge in [-0.3, -0.25) is 0 Å². The van der Waals surface area contributed by atoms with Gasteiger partial charge in [-0.15, -0.1) is 0 Å². The van der Waals surface area contributed by atoms with Crippen LogP contribution in [0.2, 0.25) is 0 Å². The van der Waals surface area contributed by atoms with Gasteiger partial charge in [0.1, 0.15) is 0 Å². The van der Waals surface area contributed by atoms with Crippen LogP contribution < -0.4 is 0 Å². The van der Waals surface area contributed by atoms with Gasteiger partial charge in [0, 0.05) is 0 Å². The molecule has 1 aliphatic heterocycles. The average Bonchev–Trinajstić information content (AvgIpc) is 1.62. The van der Waals surface area contributed by atoms with Crippen LogP contribution in [0.15, 0.2) is 0 Å². The summed E-state index contributed by atoms with van der Waals surface area (Å²) in [6, 6.07) is 0. The number of ether oxygens (including phenoxy) is 1. The molecule has 1 radical (unpaired) electrons. The second-order valence-corrected chi connectivity index (χ2v) is 1.45. The Balaban J connectivity index is 2.00. The smallest absolute Gasteiger partial charge is 0.411 e. The van der Waals surface area contributed by atoms with E-state index in [4.69, 9.17) is 14.0 Å². The molecule has 0 saturated carbocycles. The van der Waals surface area contributed by atoms with Crippen LogP contribution in [-0.2, 0) is 14.0 Å². The van der Waals surface area contributed by atoms with E-state index in [1.807, 2.05) is 0 Å². The zero-order valence-electron chi connectivity index (χ0n) is 4.63. The highest BCUT2D eigenvalue weighted by molar-refractivity contribution is 6.17. The Bertz CT molecular complexity index is 35.2. The maximum atomic E-state index is 5.00. The van der Waals surface area contributed by atoms with Crippen LogP contribution in [-0.4, -0.2) is 34.1 Å². The standard InChI is InChI=1S/C4H8BO3/c1-3-7-5-8-4-2-6-1/h1-4H2. The zero-order chi connectivity index (χ0) is 5.66. The highest BCUT2D eigenvalue weighted by atomic mass is 16.6. The number of hydrogen-bond acceptors (Lipinski definition) is 3. The molecule has 45 valence electrons. The van der Waals surface area contributed by atoms with E-state index in [9.17, 15) is 0 Å².